The second kappa shape index (κ2) is 11.5. The minimum absolute atomic E-state index is 0.139. The fourth-order valence-electron chi connectivity index (χ4n) is 3.33. The molecule has 3 aromatic carbocycles. The van der Waals surface area contributed by atoms with Crippen LogP contribution in [0, 0.1) is 0 Å². The molecular weight excluding hydrogens is 587 g/mol. The topological polar surface area (TPSA) is 79.2 Å². The zero-order valence-corrected chi connectivity index (χ0v) is 22.8. The number of carbonyl (C=O) groups excluding carboxylic acids is 1. The number of amidine groups is 1. The maximum absolute atomic E-state index is 13.0. The van der Waals surface area contributed by atoms with E-state index in [-0.39, 0.29) is 11.5 Å². The van der Waals surface area contributed by atoms with Crippen LogP contribution in [-0.4, -0.2) is 33.6 Å². The number of carbonyl (C=O) groups is 2. The quantitative estimate of drug-likeness (QED) is 0.280. The van der Waals surface area contributed by atoms with E-state index in [0.29, 0.717) is 44.7 Å². The number of carboxylic acids is 1. The van der Waals surface area contributed by atoms with Gasteiger partial charge in [0.1, 0.15) is 12.4 Å². The van der Waals surface area contributed by atoms with Crippen LogP contribution in [0.25, 0.3) is 6.08 Å². The van der Waals surface area contributed by atoms with Gasteiger partial charge in [-0.05, 0) is 100 Å². The minimum Gasteiger partial charge on any atom is -0.488 e. The summed E-state index contributed by atoms with van der Waals surface area (Å²) in [6, 6.07) is 17.1. The normalized spacial score (nSPS) is 15.7. The van der Waals surface area contributed by atoms with Gasteiger partial charge in [-0.2, -0.15) is 0 Å². The number of likely N-dealkylation sites (N-methyl/N-ethyl adjacent to an activating group) is 1. The van der Waals surface area contributed by atoms with Crippen LogP contribution in [0.5, 0.6) is 5.75 Å². The first-order valence-corrected chi connectivity index (χ1v) is 13.1. The number of aromatic carboxylic acids is 1. The zero-order valence-electron chi connectivity index (χ0n) is 18.9. The third kappa shape index (κ3) is 6.13. The number of aliphatic imine (C=N–C) groups is 1. The Balaban J connectivity index is 1.50. The van der Waals surface area contributed by atoms with Crippen molar-refractivity contribution in [3.05, 3.63) is 96.8 Å². The fourth-order valence-corrected chi connectivity index (χ4v) is 5.22. The van der Waals surface area contributed by atoms with Gasteiger partial charge in [0.25, 0.3) is 5.91 Å². The van der Waals surface area contributed by atoms with Gasteiger partial charge >= 0.3 is 5.97 Å². The Morgan fingerprint density at radius 1 is 1.11 bits per heavy atom. The summed E-state index contributed by atoms with van der Waals surface area (Å²) in [6.45, 7) is 2.66. The average Bonchev–Trinajstić information content (AvgIpc) is 3.14. The Labute approximate surface area is 230 Å². The van der Waals surface area contributed by atoms with Crippen LogP contribution >= 0.6 is 50.9 Å². The van der Waals surface area contributed by atoms with Crippen molar-refractivity contribution in [2.24, 2.45) is 4.99 Å². The van der Waals surface area contributed by atoms with E-state index in [1.807, 2.05) is 31.2 Å². The Kier molecular flexibility index (Phi) is 8.41. The van der Waals surface area contributed by atoms with Crippen molar-refractivity contribution >= 4 is 79.7 Å². The molecule has 0 bridgehead atoms. The Bertz CT molecular complexity index is 1390. The summed E-state index contributed by atoms with van der Waals surface area (Å²) in [7, 11) is 0. The third-order valence-electron chi connectivity index (χ3n) is 5.18. The predicted octanol–water partition coefficient (Wildman–Crippen LogP) is 7.66. The largest absolute Gasteiger partial charge is 0.488 e. The van der Waals surface area contributed by atoms with Crippen molar-refractivity contribution in [2.45, 2.75) is 13.5 Å². The second-order valence-corrected chi connectivity index (χ2v) is 10.3. The molecule has 1 amide bonds. The number of thioether (sulfide) groups is 1. The highest BCUT2D eigenvalue weighted by atomic mass is 79.9. The molecule has 1 N–H and O–H groups in total. The monoisotopic (exact) mass is 604 g/mol. The lowest BCUT2D eigenvalue weighted by Gasteiger charge is -2.12. The summed E-state index contributed by atoms with van der Waals surface area (Å²) in [5.74, 6) is -0.493. The standard InChI is InChI=1S/C26H19BrCl2N2O4S/c1-2-31-24(32)23(36-26(31)30-18-7-5-17(6-8-18)25(33)34)13-15-4-10-22(19(27)11-15)35-14-16-3-9-20(28)21(29)12-16/h3-13H,2,14H2,1H3,(H,33,34)/b23-13+,30-26?. The fraction of sp³-hybridized carbons (Fsp3) is 0.115. The van der Waals surface area contributed by atoms with Gasteiger partial charge in [-0.15, -0.1) is 0 Å². The second-order valence-electron chi connectivity index (χ2n) is 7.63. The molecule has 0 saturated carbocycles. The summed E-state index contributed by atoms with van der Waals surface area (Å²) < 4.78 is 6.64. The molecule has 3 aromatic rings. The summed E-state index contributed by atoms with van der Waals surface area (Å²) in [5, 5.41) is 10.6. The van der Waals surface area contributed by atoms with E-state index in [4.69, 9.17) is 33.0 Å². The van der Waals surface area contributed by atoms with Crippen LogP contribution < -0.4 is 4.74 Å². The van der Waals surface area contributed by atoms with Crippen LogP contribution in [0.3, 0.4) is 0 Å². The highest BCUT2D eigenvalue weighted by Gasteiger charge is 2.32. The summed E-state index contributed by atoms with van der Waals surface area (Å²) >= 11 is 16.8. The van der Waals surface area contributed by atoms with Gasteiger partial charge in [-0.25, -0.2) is 9.79 Å². The first-order chi connectivity index (χ1) is 17.2. The molecule has 1 saturated heterocycles. The predicted molar refractivity (Wildman–Crippen MR) is 148 cm³/mol. The van der Waals surface area contributed by atoms with Gasteiger partial charge < -0.3 is 9.84 Å². The maximum Gasteiger partial charge on any atom is 0.335 e. The number of amides is 1. The van der Waals surface area contributed by atoms with Crippen molar-refractivity contribution in [2.75, 3.05) is 6.54 Å². The summed E-state index contributed by atoms with van der Waals surface area (Å²) in [4.78, 5) is 30.7. The molecule has 0 atom stereocenters. The van der Waals surface area contributed by atoms with Crippen molar-refractivity contribution in [3.8, 4) is 5.75 Å². The van der Waals surface area contributed by atoms with E-state index in [0.717, 1.165) is 15.6 Å². The number of hydrogen-bond acceptors (Lipinski definition) is 5. The van der Waals surface area contributed by atoms with Gasteiger partial charge in [0.2, 0.25) is 0 Å². The van der Waals surface area contributed by atoms with Gasteiger partial charge in [0, 0.05) is 6.54 Å². The van der Waals surface area contributed by atoms with Crippen molar-refractivity contribution in [3.63, 3.8) is 0 Å². The molecule has 1 heterocycles. The molecule has 1 aliphatic rings. The highest BCUT2D eigenvalue weighted by molar-refractivity contribution is 9.10. The number of nitrogens with zero attached hydrogens (tertiary/aromatic N) is 2. The average molecular weight is 606 g/mol. The van der Waals surface area contributed by atoms with E-state index in [1.165, 1.54) is 23.9 Å². The lowest BCUT2D eigenvalue weighted by molar-refractivity contribution is -0.122. The Morgan fingerprint density at radius 3 is 2.50 bits per heavy atom. The molecule has 0 aliphatic carbocycles. The number of rotatable bonds is 7. The number of hydrogen-bond donors (Lipinski definition) is 1. The Hall–Kier alpha value is -2.78. The molecule has 1 aliphatic heterocycles. The highest BCUT2D eigenvalue weighted by Crippen LogP contribution is 2.35. The number of benzene rings is 3. The van der Waals surface area contributed by atoms with E-state index in [9.17, 15) is 9.59 Å². The minimum atomic E-state index is -1.00. The number of carboxylic acid groups (broad SMARTS) is 1. The molecule has 4 rings (SSSR count). The van der Waals surface area contributed by atoms with E-state index in [2.05, 4.69) is 20.9 Å². The Morgan fingerprint density at radius 2 is 1.86 bits per heavy atom. The number of ether oxygens (including phenoxy) is 1. The van der Waals surface area contributed by atoms with E-state index >= 15 is 0 Å². The summed E-state index contributed by atoms with van der Waals surface area (Å²) in [5.41, 5.74) is 2.46. The lowest BCUT2D eigenvalue weighted by Crippen LogP contribution is -2.28. The molecular formula is C26H19BrCl2N2O4S. The van der Waals surface area contributed by atoms with Crippen molar-refractivity contribution in [1.29, 1.82) is 0 Å². The molecule has 6 nitrogen and oxygen atoms in total. The first-order valence-electron chi connectivity index (χ1n) is 10.7. The van der Waals surface area contributed by atoms with Gasteiger partial charge in [-0.1, -0.05) is 35.3 Å². The molecule has 0 unspecified atom stereocenters. The van der Waals surface area contributed by atoms with Crippen LogP contribution in [0.4, 0.5) is 5.69 Å². The van der Waals surface area contributed by atoms with Crippen LogP contribution in [0.15, 0.2) is 75.0 Å². The smallest absolute Gasteiger partial charge is 0.335 e. The SMILES string of the molecule is CCN1C(=O)/C(=C\c2ccc(OCc3ccc(Cl)c(Cl)c3)c(Br)c2)SC1=Nc1ccc(C(=O)O)cc1. The maximum atomic E-state index is 13.0. The molecule has 0 radical (unpaired) electrons. The van der Waals surface area contributed by atoms with E-state index in [1.54, 1.807) is 35.2 Å². The van der Waals surface area contributed by atoms with Gasteiger partial charge in [0.05, 0.1) is 30.7 Å². The molecule has 36 heavy (non-hydrogen) atoms. The number of halogens is 3. The molecule has 10 heteroatoms. The molecule has 1 fully saturated rings. The van der Waals surface area contributed by atoms with Crippen molar-refractivity contribution in [1.82, 2.24) is 4.90 Å². The molecule has 0 aromatic heterocycles. The molecule has 0 spiro atoms. The zero-order chi connectivity index (χ0) is 25.8. The third-order valence-corrected chi connectivity index (χ3v) is 7.54. The van der Waals surface area contributed by atoms with Gasteiger partial charge in [0.15, 0.2) is 5.17 Å². The van der Waals surface area contributed by atoms with Gasteiger partial charge in [-0.3, -0.25) is 9.69 Å². The van der Waals surface area contributed by atoms with Crippen LogP contribution in [0.1, 0.15) is 28.4 Å². The molecule has 184 valence electrons. The van der Waals surface area contributed by atoms with E-state index < -0.39 is 5.97 Å². The van der Waals surface area contributed by atoms with Crippen molar-refractivity contribution < 1.29 is 19.4 Å². The van der Waals surface area contributed by atoms with Crippen LogP contribution in [0.2, 0.25) is 10.0 Å². The first kappa shape index (κ1) is 26.3. The lowest BCUT2D eigenvalue weighted by atomic mass is 10.2. The van der Waals surface area contributed by atoms with Crippen LogP contribution in [-0.2, 0) is 11.4 Å². The summed E-state index contributed by atoms with van der Waals surface area (Å²) in [6.07, 6.45) is 1.80.